The zero-order valence-electron chi connectivity index (χ0n) is 14.5. The molecule has 27 heavy (non-hydrogen) atoms. The summed E-state index contributed by atoms with van der Waals surface area (Å²) in [6, 6.07) is 11.8. The third-order valence-corrected chi connectivity index (χ3v) is 4.58. The van der Waals surface area contributed by atoms with E-state index in [1.807, 2.05) is 31.2 Å². The number of rotatable bonds is 6. The van der Waals surface area contributed by atoms with Gasteiger partial charge in [0, 0.05) is 11.6 Å². The predicted octanol–water partition coefficient (Wildman–Crippen LogP) is 4.03. The SMILES string of the molecule is CSc1ccc(C(=O)OCc2nc(-c3ccccc3C)no2)cc1[N+](=O)[O-]. The zero-order chi connectivity index (χ0) is 19.4. The number of hydrogen-bond donors (Lipinski definition) is 0. The van der Waals surface area contributed by atoms with E-state index < -0.39 is 10.9 Å². The van der Waals surface area contributed by atoms with Crippen LogP contribution in [0.1, 0.15) is 21.8 Å². The van der Waals surface area contributed by atoms with Crippen molar-refractivity contribution in [3.05, 3.63) is 69.6 Å². The summed E-state index contributed by atoms with van der Waals surface area (Å²) in [5, 5.41) is 15.0. The van der Waals surface area contributed by atoms with Crippen LogP contribution in [0.25, 0.3) is 11.4 Å². The fourth-order valence-corrected chi connectivity index (χ4v) is 2.96. The molecule has 0 aliphatic heterocycles. The van der Waals surface area contributed by atoms with E-state index in [1.54, 1.807) is 6.26 Å². The molecule has 1 aromatic heterocycles. The number of ether oxygens (including phenoxy) is 1. The summed E-state index contributed by atoms with van der Waals surface area (Å²) in [6.07, 6.45) is 1.72. The van der Waals surface area contributed by atoms with Gasteiger partial charge in [-0.3, -0.25) is 10.1 Å². The molecule has 2 aromatic carbocycles. The Bertz CT molecular complexity index is 1000. The van der Waals surface area contributed by atoms with Gasteiger partial charge in [-0.15, -0.1) is 11.8 Å². The maximum atomic E-state index is 12.2. The van der Waals surface area contributed by atoms with Gasteiger partial charge in [0.05, 0.1) is 15.4 Å². The van der Waals surface area contributed by atoms with E-state index >= 15 is 0 Å². The van der Waals surface area contributed by atoms with Crippen molar-refractivity contribution >= 4 is 23.4 Å². The highest BCUT2D eigenvalue weighted by Gasteiger charge is 2.19. The number of hydrogen-bond acceptors (Lipinski definition) is 8. The van der Waals surface area contributed by atoms with Crippen LogP contribution < -0.4 is 0 Å². The Morgan fingerprint density at radius 1 is 1.30 bits per heavy atom. The Labute approximate surface area is 158 Å². The largest absolute Gasteiger partial charge is 0.452 e. The van der Waals surface area contributed by atoms with E-state index in [0.29, 0.717) is 10.7 Å². The van der Waals surface area contributed by atoms with Gasteiger partial charge in [-0.25, -0.2) is 4.79 Å². The van der Waals surface area contributed by atoms with Gasteiger partial charge in [-0.05, 0) is 30.9 Å². The summed E-state index contributed by atoms with van der Waals surface area (Å²) in [7, 11) is 0. The van der Waals surface area contributed by atoms with Gasteiger partial charge in [0.15, 0.2) is 6.61 Å². The Balaban J connectivity index is 1.71. The molecule has 0 unspecified atom stereocenters. The molecular formula is C18H15N3O5S. The van der Waals surface area contributed by atoms with Crippen LogP contribution in [0.3, 0.4) is 0 Å². The Morgan fingerprint density at radius 2 is 2.07 bits per heavy atom. The number of carbonyl (C=O) groups is 1. The normalized spacial score (nSPS) is 10.6. The van der Waals surface area contributed by atoms with Gasteiger partial charge >= 0.3 is 5.97 Å². The van der Waals surface area contributed by atoms with Crippen molar-refractivity contribution in [2.75, 3.05) is 6.26 Å². The van der Waals surface area contributed by atoms with Crippen molar-refractivity contribution in [3.8, 4) is 11.4 Å². The molecule has 0 saturated carbocycles. The fourth-order valence-electron chi connectivity index (χ4n) is 2.42. The Hall–Kier alpha value is -3.20. The van der Waals surface area contributed by atoms with Crippen molar-refractivity contribution < 1.29 is 19.0 Å². The summed E-state index contributed by atoms with van der Waals surface area (Å²) >= 11 is 1.23. The van der Waals surface area contributed by atoms with Crippen LogP contribution in [0.15, 0.2) is 51.9 Å². The molecule has 0 spiro atoms. The van der Waals surface area contributed by atoms with Gasteiger partial charge in [0.25, 0.3) is 11.6 Å². The van der Waals surface area contributed by atoms with E-state index in [1.165, 1.54) is 30.0 Å². The molecule has 0 aliphatic rings. The summed E-state index contributed by atoms with van der Waals surface area (Å²) in [5.41, 5.74) is 1.75. The number of thioether (sulfide) groups is 1. The first kappa shape index (κ1) is 18.6. The molecule has 0 radical (unpaired) electrons. The molecule has 1 heterocycles. The van der Waals surface area contributed by atoms with Crippen LogP contribution in [-0.2, 0) is 11.3 Å². The van der Waals surface area contributed by atoms with Crippen molar-refractivity contribution in [2.45, 2.75) is 18.4 Å². The van der Waals surface area contributed by atoms with Crippen molar-refractivity contribution in [1.29, 1.82) is 0 Å². The van der Waals surface area contributed by atoms with E-state index in [-0.39, 0.29) is 23.7 Å². The van der Waals surface area contributed by atoms with Crippen molar-refractivity contribution in [1.82, 2.24) is 10.1 Å². The lowest BCUT2D eigenvalue weighted by atomic mass is 10.1. The molecule has 0 N–H and O–H groups in total. The third kappa shape index (κ3) is 4.14. The van der Waals surface area contributed by atoms with Gasteiger partial charge in [0.2, 0.25) is 5.82 Å². The average Bonchev–Trinajstić information content (AvgIpc) is 3.14. The fraction of sp³-hybridized carbons (Fsp3) is 0.167. The quantitative estimate of drug-likeness (QED) is 0.271. The Morgan fingerprint density at radius 3 is 2.78 bits per heavy atom. The van der Waals surface area contributed by atoms with E-state index in [4.69, 9.17) is 9.26 Å². The Kier molecular flexibility index (Phi) is 5.51. The lowest BCUT2D eigenvalue weighted by Crippen LogP contribution is -2.06. The number of aryl methyl sites for hydroxylation is 1. The van der Waals surface area contributed by atoms with Crippen LogP contribution in [0.2, 0.25) is 0 Å². The highest BCUT2D eigenvalue weighted by molar-refractivity contribution is 7.98. The smallest absolute Gasteiger partial charge is 0.338 e. The minimum atomic E-state index is -0.707. The van der Waals surface area contributed by atoms with E-state index in [2.05, 4.69) is 10.1 Å². The van der Waals surface area contributed by atoms with Gasteiger partial charge < -0.3 is 9.26 Å². The second kappa shape index (κ2) is 8.00. The van der Waals surface area contributed by atoms with Crippen LogP contribution >= 0.6 is 11.8 Å². The maximum Gasteiger partial charge on any atom is 0.338 e. The monoisotopic (exact) mass is 385 g/mol. The predicted molar refractivity (Wildman–Crippen MR) is 98.5 cm³/mol. The van der Waals surface area contributed by atoms with Crippen LogP contribution in [0.5, 0.6) is 0 Å². The second-order valence-corrected chi connectivity index (χ2v) is 6.39. The highest BCUT2D eigenvalue weighted by atomic mass is 32.2. The van der Waals surface area contributed by atoms with Crippen molar-refractivity contribution in [3.63, 3.8) is 0 Å². The number of nitro groups is 1. The van der Waals surface area contributed by atoms with Gasteiger partial charge in [-0.2, -0.15) is 4.98 Å². The van der Waals surface area contributed by atoms with Crippen LogP contribution in [0, 0.1) is 17.0 Å². The number of nitro benzene ring substituents is 1. The highest BCUT2D eigenvalue weighted by Crippen LogP contribution is 2.28. The maximum absolute atomic E-state index is 12.2. The molecular weight excluding hydrogens is 370 g/mol. The number of aromatic nitrogens is 2. The minimum absolute atomic E-state index is 0.0816. The van der Waals surface area contributed by atoms with Gasteiger partial charge in [0.1, 0.15) is 0 Å². The molecule has 138 valence electrons. The second-order valence-electron chi connectivity index (χ2n) is 5.55. The summed E-state index contributed by atoms with van der Waals surface area (Å²) in [4.78, 5) is 27.4. The molecule has 0 fully saturated rings. The zero-order valence-corrected chi connectivity index (χ0v) is 15.4. The average molecular weight is 385 g/mol. The minimum Gasteiger partial charge on any atom is -0.452 e. The van der Waals surface area contributed by atoms with E-state index in [0.717, 1.165) is 11.1 Å². The van der Waals surface area contributed by atoms with E-state index in [9.17, 15) is 14.9 Å². The molecule has 0 bridgehead atoms. The van der Waals surface area contributed by atoms with Crippen LogP contribution in [0.4, 0.5) is 5.69 Å². The molecule has 3 rings (SSSR count). The lowest BCUT2D eigenvalue weighted by molar-refractivity contribution is -0.387. The first-order valence-electron chi connectivity index (χ1n) is 7.87. The molecule has 0 atom stereocenters. The first-order chi connectivity index (χ1) is 13.0. The number of carbonyl (C=O) groups excluding carboxylic acids is 1. The van der Waals surface area contributed by atoms with Gasteiger partial charge in [-0.1, -0.05) is 29.4 Å². The molecule has 8 nitrogen and oxygen atoms in total. The summed E-state index contributed by atoms with van der Waals surface area (Å²) in [5.74, 6) is -0.169. The number of benzene rings is 2. The molecule has 9 heteroatoms. The third-order valence-electron chi connectivity index (χ3n) is 3.79. The molecule has 3 aromatic rings. The molecule has 0 saturated heterocycles. The standard InChI is InChI=1S/C18H15N3O5S/c1-11-5-3-4-6-13(11)17-19-16(26-20-17)10-25-18(22)12-7-8-15(27-2)14(9-12)21(23)24/h3-9H,10H2,1-2H3. The summed E-state index contributed by atoms with van der Waals surface area (Å²) < 4.78 is 10.2. The first-order valence-corrected chi connectivity index (χ1v) is 9.10. The topological polar surface area (TPSA) is 108 Å². The molecule has 0 amide bonds. The lowest BCUT2D eigenvalue weighted by Gasteiger charge is -2.04. The number of esters is 1. The molecule has 0 aliphatic carbocycles. The van der Waals surface area contributed by atoms with Crippen LogP contribution in [-0.4, -0.2) is 27.3 Å². The van der Waals surface area contributed by atoms with Crippen molar-refractivity contribution in [2.24, 2.45) is 0 Å². The summed E-state index contributed by atoms with van der Waals surface area (Å²) in [6.45, 7) is 1.70. The number of nitrogens with zero attached hydrogens (tertiary/aromatic N) is 3.